The first-order valence-corrected chi connectivity index (χ1v) is 7.78. The summed E-state index contributed by atoms with van der Waals surface area (Å²) in [7, 11) is 0. The first kappa shape index (κ1) is 15.9. The molecule has 2 aliphatic rings. The van der Waals surface area contributed by atoms with Crippen LogP contribution in [0.15, 0.2) is 51.7 Å². The molecule has 0 unspecified atom stereocenters. The summed E-state index contributed by atoms with van der Waals surface area (Å²) in [6.45, 7) is 4.26. The summed E-state index contributed by atoms with van der Waals surface area (Å²) in [5.41, 5.74) is 3.25. The topological polar surface area (TPSA) is 72.2 Å². The monoisotopic (exact) mass is 322 g/mol. The molecule has 5 nitrogen and oxygen atoms in total. The van der Waals surface area contributed by atoms with Crippen molar-refractivity contribution in [3.8, 4) is 11.3 Å². The van der Waals surface area contributed by atoms with E-state index in [0.717, 1.165) is 16.8 Å². The van der Waals surface area contributed by atoms with Crippen LogP contribution in [0.2, 0.25) is 0 Å². The number of nitrogens with zero attached hydrogens (tertiary/aromatic N) is 1. The standard InChI is InChI=1S/C19H18N2O3/c1-12-3-5-14(6-4-12)19(23)20-10-9-18-21-13(2)16-8-7-15(22)11-17(16)24-18/h3-8,11H,9-10H2,1-2H3,(H,20,23). The van der Waals surface area contributed by atoms with Gasteiger partial charge in [0.15, 0.2) is 11.3 Å². The van der Waals surface area contributed by atoms with Gasteiger partial charge in [0, 0.05) is 30.2 Å². The summed E-state index contributed by atoms with van der Waals surface area (Å²) in [6, 6.07) is 12.1. The Bertz CT molecular complexity index is 897. The molecule has 0 atom stereocenters. The van der Waals surface area contributed by atoms with Crippen LogP contribution in [0.4, 0.5) is 0 Å². The van der Waals surface area contributed by atoms with Gasteiger partial charge in [-0.05, 0) is 38.1 Å². The fraction of sp³-hybridized carbons (Fsp3) is 0.211. The van der Waals surface area contributed by atoms with E-state index in [-0.39, 0.29) is 11.3 Å². The van der Waals surface area contributed by atoms with Gasteiger partial charge in [-0.25, -0.2) is 4.98 Å². The van der Waals surface area contributed by atoms with Gasteiger partial charge in [0.1, 0.15) is 5.76 Å². The molecule has 0 saturated heterocycles. The van der Waals surface area contributed by atoms with E-state index in [4.69, 9.17) is 4.42 Å². The molecule has 1 N–H and O–H groups in total. The van der Waals surface area contributed by atoms with Crippen molar-refractivity contribution in [2.24, 2.45) is 0 Å². The van der Waals surface area contributed by atoms with Crippen LogP contribution in [-0.4, -0.2) is 17.4 Å². The van der Waals surface area contributed by atoms with Crippen LogP contribution in [0.25, 0.3) is 11.3 Å². The first-order chi connectivity index (χ1) is 11.5. The van der Waals surface area contributed by atoms with E-state index in [1.54, 1.807) is 18.2 Å². The van der Waals surface area contributed by atoms with E-state index in [9.17, 15) is 9.59 Å². The van der Waals surface area contributed by atoms with Gasteiger partial charge in [-0.1, -0.05) is 17.7 Å². The number of nitrogens with one attached hydrogen (secondary N) is 1. The maximum absolute atomic E-state index is 12.1. The quantitative estimate of drug-likeness (QED) is 0.801. The number of aryl methyl sites for hydroxylation is 2. The number of aromatic nitrogens is 1. The average molecular weight is 322 g/mol. The molecule has 0 fully saturated rings. The SMILES string of the molecule is Cc1ccc(C(=O)NCCc2nc(C)c3ccc(=O)cc-3o2)cc1. The molecule has 122 valence electrons. The third-order valence-corrected chi connectivity index (χ3v) is 3.80. The second kappa shape index (κ2) is 6.66. The molecule has 0 radical (unpaired) electrons. The molecule has 0 saturated carbocycles. The molecule has 1 aliphatic carbocycles. The minimum Gasteiger partial charge on any atom is -0.442 e. The average Bonchev–Trinajstić information content (AvgIpc) is 2.55. The van der Waals surface area contributed by atoms with Crippen molar-refractivity contribution < 1.29 is 9.21 Å². The highest BCUT2D eigenvalue weighted by Gasteiger charge is 2.12. The van der Waals surface area contributed by atoms with Gasteiger partial charge in [-0.2, -0.15) is 0 Å². The van der Waals surface area contributed by atoms with E-state index < -0.39 is 0 Å². The molecule has 24 heavy (non-hydrogen) atoms. The zero-order valence-corrected chi connectivity index (χ0v) is 13.6. The number of carbonyl (C=O) groups excluding carboxylic acids is 1. The van der Waals surface area contributed by atoms with Gasteiger partial charge >= 0.3 is 0 Å². The lowest BCUT2D eigenvalue weighted by atomic mass is 10.1. The predicted octanol–water partition coefficient (Wildman–Crippen LogP) is 2.73. The number of rotatable bonds is 4. The number of hydrogen-bond donors (Lipinski definition) is 1. The highest BCUT2D eigenvalue weighted by Crippen LogP contribution is 2.23. The van der Waals surface area contributed by atoms with E-state index >= 15 is 0 Å². The second-order valence-electron chi connectivity index (χ2n) is 5.72. The maximum atomic E-state index is 12.1. The zero-order valence-electron chi connectivity index (χ0n) is 13.6. The van der Waals surface area contributed by atoms with Gasteiger partial charge in [0.05, 0.1) is 5.69 Å². The van der Waals surface area contributed by atoms with Crippen molar-refractivity contribution >= 4 is 5.91 Å². The van der Waals surface area contributed by atoms with Crippen LogP contribution in [-0.2, 0) is 6.42 Å². The summed E-state index contributed by atoms with van der Waals surface area (Å²) in [6.07, 6.45) is 0.456. The summed E-state index contributed by atoms with van der Waals surface area (Å²) in [5.74, 6) is 0.888. The summed E-state index contributed by atoms with van der Waals surface area (Å²) >= 11 is 0. The summed E-state index contributed by atoms with van der Waals surface area (Å²) in [4.78, 5) is 27.9. The van der Waals surface area contributed by atoms with Crippen LogP contribution >= 0.6 is 0 Å². The highest BCUT2D eigenvalue weighted by atomic mass is 16.3. The van der Waals surface area contributed by atoms with Crippen LogP contribution in [0.3, 0.4) is 0 Å². The van der Waals surface area contributed by atoms with Crippen LogP contribution in [0.5, 0.6) is 0 Å². The summed E-state index contributed by atoms with van der Waals surface area (Å²) in [5, 5.41) is 2.85. The lowest BCUT2D eigenvalue weighted by molar-refractivity contribution is 0.0953. The molecule has 0 aromatic heterocycles. The highest BCUT2D eigenvalue weighted by molar-refractivity contribution is 5.94. The third-order valence-electron chi connectivity index (χ3n) is 3.80. The molecule has 5 heteroatoms. The van der Waals surface area contributed by atoms with Crippen LogP contribution in [0, 0.1) is 13.8 Å². The van der Waals surface area contributed by atoms with Crippen molar-refractivity contribution in [1.82, 2.24) is 10.3 Å². The van der Waals surface area contributed by atoms with Crippen molar-refractivity contribution in [2.75, 3.05) is 6.54 Å². The van der Waals surface area contributed by atoms with Crippen molar-refractivity contribution in [3.63, 3.8) is 0 Å². The van der Waals surface area contributed by atoms with Crippen molar-refractivity contribution in [3.05, 3.63) is 75.4 Å². The Balaban J connectivity index is 1.68. The third kappa shape index (κ3) is 3.51. The van der Waals surface area contributed by atoms with E-state index in [2.05, 4.69) is 10.3 Å². The largest absolute Gasteiger partial charge is 0.442 e. The zero-order chi connectivity index (χ0) is 17.1. The number of amides is 1. The van der Waals surface area contributed by atoms with E-state index in [1.165, 1.54) is 12.1 Å². The Morgan fingerprint density at radius 2 is 1.88 bits per heavy atom. The van der Waals surface area contributed by atoms with Gasteiger partial charge in [-0.15, -0.1) is 0 Å². The molecule has 3 rings (SSSR count). The van der Waals surface area contributed by atoms with Gasteiger partial charge in [0.25, 0.3) is 5.91 Å². The number of hydrogen-bond acceptors (Lipinski definition) is 4. The Kier molecular flexibility index (Phi) is 4.42. The summed E-state index contributed by atoms with van der Waals surface area (Å²) < 4.78 is 5.66. The Morgan fingerprint density at radius 1 is 1.12 bits per heavy atom. The van der Waals surface area contributed by atoms with Gasteiger partial charge < -0.3 is 9.73 Å². The molecule has 0 spiro atoms. The smallest absolute Gasteiger partial charge is 0.251 e. The molecule has 1 aromatic carbocycles. The molecule has 0 bridgehead atoms. The maximum Gasteiger partial charge on any atom is 0.251 e. The molecule has 1 aliphatic heterocycles. The molecule has 1 heterocycles. The minimum absolute atomic E-state index is 0.101. The number of fused-ring (bicyclic) bond motifs is 1. The van der Waals surface area contributed by atoms with Crippen LogP contribution in [0.1, 0.15) is 27.5 Å². The molecular weight excluding hydrogens is 304 g/mol. The number of benzene rings is 2. The Hall–Kier alpha value is -2.95. The van der Waals surface area contributed by atoms with Gasteiger partial charge in [-0.3, -0.25) is 9.59 Å². The fourth-order valence-electron chi connectivity index (χ4n) is 2.48. The first-order valence-electron chi connectivity index (χ1n) is 7.78. The van der Waals surface area contributed by atoms with Gasteiger partial charge in [0.2, 0.25) is 0 Å². The molecular formula is C19H18N2O3. The van der Waals surface area contributed by atoms with Crippen molar-refractivity contribution in [1.29, 1.82) is 0 Å². The fourth-order valence-corrected chi connectivity index (χ4v) is 2.48. The molecule has 1 amide bonds. The predicted molar refractivity (Wildman–Crippen MR) is 91.3 cm³/mol. The van der Waals surface area contributed by atoms with E-state index in [0.29, 0.717) is 30.2 Å². The lowest BCUT2D eigenvalue weighted by Crippen LogP contribution is -2.26. The van der Waals surface area contributed by atoms with Crippen LogP contribution < -0.4 is 10.7 Å². The number of carbonyl (C=O) groups is 1. The normalized spacial score (nSPS) is 10.8. The van der Waals surface area contributed by atoms with Crippen molar-refractivity contribution in [2.45, 2.75) is 20.3 Å². The van der Waals surface area contributed by atoms with E-state index in [1.807, 2.05) is 26.0 Å². The Labute approximate surface area is 139 Å². The minimum atomic E-state index is -0.130. The Morgan fingerprint density at radius 3 is 2.62 bits per heavy atom. The molecule has 1 aromatic rings. The lowest BCUT2D eigenvalue weighted by Gasteiger charge is -2.10. The second-order valence-corrected chi connectivity index (χ2v) is 5.72.